The minimum Gasteiger partial charge on any atom is -0.355 e. The van der Waals surface area contributed by atoms with E-state index in [4.69, 9.17) is 0 Å². The number of halogens is 3. The quantitative estimate of drug-likeness (QED) is 0.724. The van der Waals surface area contributed by atoms with Gasteiger partial charge in [0, 0.05) is 13.1 Å². The fourth-order valence-corrected chi connectivity index (χ4v) is 3.56. The van der Waals surface area contributed by atoms with E-state index in [9.17, 15) is 18.0 Å². The van der Waals surface area contributed by atoms with Crippen LogP contribution in [0.2, 0.25) is 0 Å². The molecule has 0 spiro atoms. The van der Waals surface area contributed by atoms with Gasteiger partial charge in [0.2, 0.25) is 5.91 Å². The normalized spacial score (nSPS) is 17.5. The Hall–Kier alpha value is -3.17. The Kier molecular flexibility index (Phi) is 5.08. The number of para-hydroxylation sites is 1. The van der Waals surface area contributed by atoms with Crippen molar-refractivity contribution in [1.29, 1.82) is 0 Å². The second kappa shape index (κ2) is 7.69. The van der Waals surface area contributed by atoms with Gasteiger partial charge in [-0.3, -0.25) is 4.79 Å². The third kappa shape index (κ3) is 4.15. The van der Waals surface area contributed by atoms with Crippen LogP contribution in [0.1, 0.15) is 12.8 Å². The lowest BCUT2D eigenvalue weighted by atomic mass is 9.97. The van der Waals surface area contributed by atoms with Gasteiger partial charge in [-0.15, -0.1) is 0 Å². The molecule has 3 heterocycles. The van der Waals surface area contributed by atoms with Crippen molar-refractivity contribution in [3.05, 3.63) is 42.9 Å². The zero-order chi connectivity index (χ0) is 20.4. The molecular formula is C19H19F3N6O. The number of carbonyl (C=O) groups is 1. The number of carbonyl (C=O) groups excluding carboxylic acids is 1. The van der Waals surface area contributed by atoms with Crippen molar-refractivity contribution in [2.45, 2.75) is 19.0 Å². The van der Waals surface area contributed by atoms with Crippen molar-refractivity contribution in [3.63, 3.8) is 0 Å². The molecule has 1 aromatic carbocycles. The second-order valence-corrected chi connectivity index (χ2v) is 6.94. The van der Waals surface area contributed by atoms with Crippen LogP contribution < -0.4 is 10.2 Å². The van der Waals surface area contributed by atoms with Gasteiger partial charge >= 0.3 is 6.18 Å². The van der Waals surface area contributed by atoms with Crippen molar-refractivity contribution < 1.29 is 18.0 Å². The van der Waals surface area contributed by atoms with Crippen molar-refractivity contribution >= 4 is 22.8 Å². The maximum Gasteiger partial charge on any atom is 0.405 e. The number of nitrogens with one attached hydrogen (secondary N) is 1. The van der Waals surface area contributed by atoms with Crippen LogP contribution >= 0.6 is 0 Å². The summed E-state index contributed by atoms with van der Waals surface area (Å²) in [5, 5.41) is 7.13. The van der Waals surface area contributed by atoms with E-state index in [0.29, 0.717) is 37.4 Å². The van der Waals surface area contributed by atoms with Gasteiger partial charge in [0.1, 0.15) is 18.7 Å². The van der Waals surface area contributed by atoms with Crippen molar-refractivity contribution in [1.82, 2.24) is 25.1 Å². The Morgan fingerprint density at radius 3 is 2.76 bits per heavy atom. The van der Waals surface area contributed by atoms with E-state index in [1.807, 2.05) is 40.5 Å². The number of piperidine rings is 1. The third-order valence-corrected chi connectivity index (χ3v) is 4.90. The summed E-state index contributed by atoms with van der Waals surface area (Å²) in [6.07, 6.45) is -0.0912. The summed E-state index contributed by atoms with van der Waals surface area (Å²) in [5.41, 5.74) is 1.49. The number of anilines is 1. The zero-order valence-corrected chi connectivity index (χ0v) is 15.4. The van der Waals surface area contributed by atoms with E-state index in [1.165, 1.54) is 6.33 Å². The molecule has 0 radical (unpaired) electrons. The summed E-state index contributed by atoms with van der Waals surface area (Å²) >= 11 is 0. The molecule has 0 aliphatic carbocycles. The lowest BCUT2D eigenvalue weighted by Crippen LogP contribution is -2.45. The van der Waals surface area contributed by atoms with Crippen LogP contribution in [-0.4, -0.2) is 51.5 Å². The molecule has 152 valence electrons. The largest absolute Gasteiger partial charge is 0.405 e. The van der Waals surface area contributed by atoms with Crippen molar-refractivity contribution in [2.24, 2.45) is 5.92 Å². The molecule has 1 amide bonds. The van der Waals surface area contributed by atoms with Gasteiger partial charge in [0.15, 0.2) is 5.65 Å². The lowest BCUT2D eigenvalue weighted by Gasteiger charge is -2.33. The van der Waals surface area contributed by atoms with Crippen LogP contribution in [0.25, 0.3) is 16.7 Å². The fraction of sp³-hybridized carbons (Fsp3) is 0.368. The maximum atomic E-state index is 12.4. The van der Waals surface area contributed by atoms with Crippen LogP contribution in [0.4, 0.5) is 19.0 Å². The summed E-state index contributed by atoms with van der Waals surface area (Å²) in [6.45, 7) is -0.359. The number of rotatable bonds is 4. The van der Waals surface area contributed by atoms with Gasteiger partial charge < -0.3 is 10.2 Å². The highest BCUT2D eigenvalue weighted by Crippen LogP contribution is 2.28. The topological polar surface area (TPSA) is 75.9 Å². The van der Waals surface area contributed by atoms with Gasteiger partial charge in [0.25, 0.3) is 0 Å². The van der Waals surface area contributed by atoms with Gasteiger partial charge in [-0.2, -0.15) is 18.3 Å². The van der Waals surface area contributed by atoms with E-state index < -0.39 is 24.5 Å². The number of alkyl halides is 3. The molecule has 1 fully saturated rings. The number of nitrogens with zero attached hydrogens (tertiary/aromatic N) is 5. The van der Waals surface area contributed by atoms with E-state index in [1.54, 1.807) is 10.9 Å². The molecule has 3 aromatic rings. The lowest BCUT2D eigenvalue weighted by molar-refractivity contribution is -0.140. The molecule has 1 unspecified atom stereocenters. The third-order valence-electron chi connectivity index (χ3n) is 4.90. The Labute approximate surface area is 164 Å². The predicted molar refractivity (Wildman–Crippen MR) is 101 cm³/mol. The molecule has 29 heavy (non-hydrogen) atoms. The first-order valence-electron chi connectivity index (χ1n) is 9.26. The zero-order valence-electron chi connectivity index (χ0n) is 15.4. The Balaban J connectivity index is 1.57. The van der Waals surface area contributed by atoms with Gasteiger partial charge in [-0.25, -0.2) is 14.6 Å². The Bertz CT molecular complexity index is 1000. The van der Waals surface area contributed by atoms with Gasteiger partial charge in [0.05, 0.1) is 23.2 Å². The predicted octanol–water partition coefficient (Wildman–Crippen LogP) is 2.71. The summed E-state index contributed by atoms with van der Waals surface area (Å²) < 4.78 is 38.9. The molecule has 2 aromatic heterocycles. The van der Waals surface area contributed by atoms with Gasteiger partial charge in [-0.05, 0) is 25.0 Å². The SMILES string of the molecule is O=C(NCC(F)(F)F)C1CCCN(c2ncnc3c2cnn3-c2ccccc2)C1. The Morgan fingerprint density at radius 1 is 1.21 bits per heavy atom. The molecule has 0 saturated carbocycles. The molecule has 1 saturated heterocycles. The molecule has 0 bridgehead atoms. The van der Waals surface area contributed by atoms with E-state index in [-0.39, 0.29) is 0 Å². The molecular weight excluding hydrogens is 385 g/mol. The van der Waals surface area contributed by atoms with E-state index >= 15 is 0 Å². The number of hydrogen-bond donors (Lipinski definition) is 1. The monoisotopic (exact) mass is 404 g/mol. The van der Waals surface area contributed by atoms with Crippen molar-refractivity contribution in [3.8, 4) is 5.69 Å². The highest BCUT2D eigenvalue weighted by atomic mass is 19.4. The first-order chi connectivity index (χ1) is 13.9. The van der Waals surface area contributed by atoms with Crippen LogP contribution in [-0.2, 0) is 4.79 Å². The maximum absolute atomic E-state index is 12.4. The molecule has 10 heteroatoms. The van der Waals surface area contributed by atoms with Crippen molar-refractivity contribution in [2.75, 3.05) is 24.5 Å². The molecule has 4 rings (SSSR count). The summed E-state index contributed by atoms with van der Waals surface area (Å²) in [6, 6.07) is 9.54. The molecule has 1 N–H and O–H groups in total. The molecule has 1 aliphatic heterocycles. The first kappa shape index (κ1) is 19.2. The van der Waals surface area contributed by atoms with E-state index in [2.05, 4.69) is 15.1 Å². The average Bonchev–Trinajstić information content (AvgIpc) is 3.16. The summed E-state index contributed by atoms with van der Waals surface area (Å²) in [4.78, 5) is 22.8. The number of hydrogen-bond acceptors (Lipinski definition) is 5. The van der Waals surface area contributed by atoms with Crippen LogP contribution in [0.15, 0.2) is 42.9 Å². The number of benzene rings is 1. The standard InChI is InChI=1S/C19H19F3N6O/c20-19(21,22)11-23-18(29)13-5-4-8-27(10-13)16-15-9-26-28(17(15)25-12-24-16)14-6-2-1-3-7-14/h1-3,6-7,9,12-13H,4-5,8,10-11H2,(H,23,29). The summed E-state index contributed by atoms with van der Waals surface area (Å²) in [7, 11) is 0. The van der Waals surface area contributed by atoms with Crippen LogP contribution in [0.5, 0.6) is 0 Å². The minimum atomic E-state index is -4.42. The van der Waals surface area contributed by atoms with Gasteiger partial charge in [-0.1, -0.05) is 18.2 Å². The van der Waals surface area contributed by atoms with Crippen LogP contribution in [0.3, 0.4) is 0 Å². The molecule has 7 nitrogen and oxygen atoms in total. The first-order valence-corrected chi connectivity index (χ1v) is 9.26. The van der Waals surface area contributed by atoms with Crippen LogP contribution in [0, 0.1) is 5.92 Å². The number of fused-ring (bicyclic) bond motifs is 1. The van der Waals surface area contributed by atoms with E-state index in [0.717, 1.165) is 11.1 Å². The smallest absolute Gasteiger partial charge is 0.355 e. The fourth-order valence-electron chi connectivity index (χ4n) is 3.56. The Morgan fingerprint density at radius 2 is 2.00 bits per heavy atom. The number of amides is 1. The molecule has 1 aliphatic rings. The minimum absolute atomic E-state index is 0.298. The molecule has 1 atom stereocenters. The highest BCUT2D eigenvalue weighted by Gasteiger charge is 2.32. The summed E-state index contributed by atoms with van der Waals surface area (Å²) in [5.74, 6) is -0.483. The second-order valence-electron chi connectivity index (χ2n) is 6.94. The number of aromatic nitrogens is 4. The average molecular weight is 404 g/mol. The highest BCUT2D eigenvalue weighted by molar-refractivity contribution is 5.88.